The van der Waals surface area contributed by atoms with E-state index in [1.807, 2.05) is 67.6 Å². The number of aromatic carboxylic acids is 1. The summed E-state index contributed by atoms with van der Waals surface area (Å²) >= 11 is 0. The number of carbonyl (C=O) groups is 1. The highest BCUT2D eigenvalue weighted by atomic mass is 16.5. The van der Waals surface area contributed by atoms with E-state index < -0.39 is 5.97 Å². The quantitative estimate of drug-likeness (QED) is 0.574. The molecule has 0 fully saturated rings. The highest BCUT2D eigenvalue weighted by Gasteiger charge is 2.16. The average Bonchev–Trinajstić information content (AvgIpc) is 3.13. The second-order valence-corrected chi connectivity index (χ2v) is 6.40. The summed E-state index contributed by atoms with van der Waals surface area (Å²) in [5, 5.41) is 15.8. The van der Waals surface area contributed by atoms with Crippen molar-refractivity contribution in [1.82, 2.24) is 9.78 Å². The molecule has 0 aliphatic heterocycles. The number of aromatic nitrogens is 2. The third-order valence-electron chi connectivity index (χ3n) is 4.55. The summed E-state index contributed by atoms with van der Waals surface area (Å²) in [5.74, 6) is -0.249. The van der Waals surface area contributed by atoms with Crippen LogP contribution >= 0.6 is 0 Å². The lowest BCUT2D eigenvalue weighted by Gasteiger charge is -2.09. The molecule has 1 heterocycles. The van der Waals surface area contributed by atoms with Gasteiger partial charge in [0.15, 0.2) is 5.69 Å². The van der Waals surface area contributed by atoms with Crippen molar-refractivity contribution in [2.75, 3.05) is 7.11 Å². The van der Waals surface area contributed by atoms with Crippen molar-refractivity contribution in [2.24, 2.45) is 0 Å². The van der Waals surface area contributed by atoms with Gasteiger partial charge in [-0.05, 0) is 54.1 Å². The largest absolute Gasteiger partial charge is 0.497 e. The Hall–Kier alpha value is -3.60. The zero-order valence-corrected chi connectivity index (χ0v) is 15.0. The summed E-state index contributed by atoms with van der Waals surface area (Å²) in [7, 11) is 1.64. The predicted molar refractivity (Wildman–Crippen MR) is 105 cm³/mol. The van der Waals surface area contributed by atoms with Crippen LogP contribution < -0.4 is 4.74 Å². The van der Waals surface area contributed by atoms with Crippen LogP contribution in [-0.2, 0) is 0 Å². The number of benzene rings is 3. The van der Waals surface area contributed by atoms with Gasteiger partial charge in [-0.1, -0.05) is 35.9 Å². The molecule has 4 aromatic rings. The van der Waals surface area contributed by atoms with E-state index in [0.717, 1.165) is 39.0 Å². The molecule has 3 aromatic carbocycles. The molecule has 0 bridgehead atoms. The SMILES string of the molecule is COc1ccc2cc(-c3cc(C(=O)O)nn3-c3ccc(C)cc3)ccc2c1. The molecule has 4 rings (SSSR count). The minimum absolute atomic E-state index is 0.0143. The molecule has 1 aromatic heterocycles. The minimum atomic E-state index is -1.05. The molecule has 0 amide bonds. The van der Waals surface area contributed by atoms with Crippen LogP contribution in [0.5, 0.6) is 5.75 Å². The smallest absolute Gasteiger partial charge is 0.356 e. The van der Waals surface area contributed by atoms with Crippen molar-refractivity contribution in [3.63, 3.8) is 0 Å². The second kappa shape index (κ2) is 6.61. The standard InChI is InChI=1S/C22H18N2O3/c1-14-3-8-18(9-4-14)24-21(13-20(23-24)22(25)26)17-6-5-16-12-19(27-2)10-7-15(16)11-17/h3-13H,1-2H3,(H,25,26). The third kappa shape index (κ3) is 3.15. The van der Waals surface area contributed by atoms with Crippen molar-refractivity contribution in [3.8, 4) is 22.7 Å². The van der Waals surface area contributed by atoms with Gasteiger partial charge in [-0.15, -0.1) is 0 Å². The number of fused-ring (bicyclic) bond motifs is 1. The van der Waals surface area contributed by atoms with Crippen molar-refractivity contribution >= 4 is 16.7 Å². The van der Waals surface area contributed by atoms with E-state index in [1.165, 1.54) is 0 Å². The molecule has 0 unspecified atom stereocenters. The van der Waals surface area contributed by atoms with Crippen LogP contribution in [0, 0.1) is 6.92 Å². The van der Waals surface area contributed by atoms with Gasteiger partial charge >= 0.3 is 5.97 Å². The maximum atomic E-state index is 11.5. The lowest BCUT2D eigenvalue weighted by atomic mass is 10.0. The van der Waals surface area contributed by atoms with Gasteiger partial charge in [-0.2, -0.15) is 5.10 Å². The average molecular weight is 358 g/mol. The van der Waals surface area contributed by atoms with Gasteiger partial charge in [0.05, 0.1) is 18.5 Å². The number of carboxylic acids is 1. The van der Waals surface area contributed by atoms with Crippen LogP contribution in [-0.4, -0.2) is 28.0 Å². The fourth-order valence-corrected chi connectivity index (χ4v) is 3.08. The molecule has 0 saturated carbocycles. The molecule has 0 saturated heterocycles. The summed E-state index contributed by atoms with van der Waals surface area (Å²) in [6, 6.07) is 21.3. The lowest BCUT2D eigenvalue weighted by Crippen LogP contribution is -2.02. The highest BCUT2D eigenvalue weighted by Crippen LogP contribution is 2.29. The lowest BCUT2D eigenvalue weighted by molar-refractivity contribution is 0.0690. The van der Waals surface area contributed by atoms with Crippen molar-refractivity contribution < 1.29 is 14.6 Å². The van der Waals surface area contributed by atoms with Gasteiger partial charge in [0.25, 0.3) is 0 Å². The Bertz CT molecular complexity index is 1140. The Labute approximate surface area is 156 Å². The molecular formula is C22H18N2O3. The molecule has 134 valence electrons. The predicted octanol–water partition coefficient (Wildman–Crippen LogP) is 4.71. The number of hydrogen-bond acceptors (Lipinski definition) is 3. The summed E-state index contributed by atoms with van der Waals surface area (Å²) in [6.45, 7) is 2.01. The first kappa shape index (κ1) is 16.8. The van der Waals surface area contributed by atoms with Gasteiger partial charge in [0.1, 0.15) is 5.75 Å². The molecule has 0 aliphatic carbocycles. The number of aryl methyl sites for hydroxylation is 1. The van der Waals surface area contributed by atoms with Gasteiger partial charge in [-0.25, -0.2) is 9.48 Å². The first-order chi connectivity index (χ1) is 13.0. The van der Waals surface area contributed by atoms with Gasteiger partial charge in [0, 0.05) is 5.56 Å². The first-order valence-corrected chi connectivity index (χ1v) is 8.54. The Morgan fingerprint density at radius 1 is 0.963 bits per heavy atom. The fourth-order valence-electron chi connectivity index (χ4n) is 3.08. The molecule has 0 aliphatic rings. The van der Waals surface area contributed by atoms with Crippen molar-refractivity contribution in [3.05, 3.63) is 78.0 Å². The number of ether oxygens (including phenoxy) is 1. The summed E-state index contributed by atoms with van der Waals surface area (Å²) in [4.78, 5) is 11.5. The molecule has 5 heteroatoms. The molecule has 5 nitrogen and oxygen atoms in total. The summed E-state index contributed by atoms with van der Waals surface area (Å²) in [6.07, 6.45) is 0. The van der Waals surface area contributed by atoms with Crippen LogP contribution in [0.4, 0.5) is 0 Å². The molecular weight excluding hydrogens is 340 g/mol. The number of nitrogens with zero attached hydrogens (tertiary/aromatic N) is 2. The first-order valence-electron chi connectivity index (χ1n) is 8.54. The van der Waals surface area contributed by atoms with Gasteiger partial charge < -0.3 is 9.84 Å². The van der Waals surface area contributed by atoms with E-state index in [-0.39, 0.29) is 5.69 Å². The fraction of sp³-hybridized carbons (Fsp3) is 0.0909. The van der Waals surface area contributed by atoms with Crippen LogP contribution in [0.25, 0.3) is 27.7 Å². The Morgan fingerprint density at radius 3 is 2.37 bits per heavy atom. The number of hydrogen-bond donors (Lipinski definition) is 1. The van der Waals surface area contributed by atoms with Crippen LogP contribution in [0.2, 0.25) is 0 Å². The Morgan fingerprint density at radius 2 is 1.67 bits per heavy atom. The van der Waals surface area contributed by atoms with Crippen LogP contribution in [0.3, 0.4) is 0 Å². The topological polar surface area (TPSA) is 64.3 Å². The maximum Gasteiger partial charge on any atom is 0.356 e. The van der Waals surface area contributed by atoms with Crippen LogP contribution in [0.15, 0.2) is 66.7 Å². The number of methoxy groups -OCH3 is 1. The van der Waals surface area contributed by atoms with Gasteiger partial charge in [-0.3, -0.25) is 0 Å². The van der Waals surface area contributed by atoms with E-state index in [9.17, 15) is 9.90 Å². The van der Waals surface area contributed by atoms with Crippen molar-refractivity contribution in [2.45, 2.75) is 6.92 Å². The van der Waals surface area contributed by atoms with Crippen molar-refractivity contribution in [1.29, 1.82) is 0 Å². The van der Waals surface area contributed by atoms with E-state index in [2.05, 4.69) is 5.10 Å². The summed E-state index contributed by atoms with van der Waals surface area (Å²) < 4.78 is 6.95. The van der Waals surface area contributed by atoms with E-state index in [0.29, 0.717) is 0 Å². The normalized spacial score (nSPS) is 10.9. The molecule has 27 heavy (non-hydrogen) atoms. The zero-order valence-electron chi connectivity index (χ0n) is 15.0. The Balaban J connectivity index is 1.88. The van der Waals surface area contributed by atoms with E-state index >= 15 is 0 Å². The molecule has 0 radical (unpaired) electrons. The molecule has 0 atom stereocenters. The Kier molecular flexibility index (Phi) is 4.12. The van der Waals surface area contributed by atoms with Gasteiger partial charge in [0.2, 0.25) is 0 Å². The molecule has 0 spiro atoms. The molecule has 1 N–H and O–H groups in total. The summed E-state index contributed by atoms with van der Waals surface area (Å²) in [5.41, 5.74) is 3.59. The second-order valence-electron chi connectivity index (χ2n) is 6.40. The minimum Gasteiger partial charge on any atom is -0.497 e. The monoisotopic (exact) mass is 358 g/mol. The number of carboxylic acid groups (broad SMARTS) is 1. The van der Waals surface area contributed by atoms with E-state index in [1.54, 1.807) is 17.9 Å². The third-order valence-corrected chi connectivity index (χ3v) is 4.55. The zero-order chi connectivity index (χ0) is 19.0. The van der Waals surface area contributed by atoms with Crippen LogP contribution in [0.1, 0.15) is 16.1 Å². The highest BCUT2D eigenvalue weighted by molar-refractivity contribution is 5.90. The van der Waals surface area contributed by atoms with E-state index in [4.69, 9.17) is 4.74 Å². The number of rotatable bonds is 4. The maximum absolute atomic E-state index is 11.5.